The molecule has 0 saturated heterocycles. The number of rotatable bonds is 3. The highest BCUT2D eigenvalue weighted by Crippen LogP contribution is 2.17. The van der Waals surface area contributed by atoms with Crippen molar-refractivity contribution in [3.05, 3.63) is 36.9 Å². The van der Waals surface area contributed by atoms with Crippen molar-refractivity contribution in [1.29, 1.82) is 0 Å². The first-order chi connectivity index (χ1) is 7.74. The Bertz CT molecular complexity index is 542. The molecule has 0 aliphatic heterocycles. The van der Waals surface area contributed by atoms with Crippen LogP contribution in [0.3, 0.4) is 0 Å². The maximum Gasteiger partial charge on any atom is 0.234 e. The van der Waals surface area contributed by atoms with Gasteiger partial charge in [-0.25, -0.2) is 9.55 Å². The molecule has 0 saturated carbocycles. The largest absolute Gasteiger partial charge is 0.369 e. The van der Waals surface area contributed by atoms with Gasteiger partial charge in [0.2, 0.25) is 11.9 Å². The first-order valence-corrected chi connectivity index (χ1v) is 5.11. The second-order valence-corrected chi connectivity index (χ2v) is 3.52. The van der Waals surface area contributed by atoms with Crippen LogP contribution in [0.5, 0.6) is 0 Å². The standard InChI is InChI=1S/C12H13N3O/c1-2-3-8-11(16)15-10-7-5-4-6-9(10)14-12(15)13/h2,4-7H,1,3,8H2,(H2,13,14). The number of anilines is 1. The zero-order valence-corrected chi connectivity index (χ0v) is 8.89. The summed E-state index contributed by atoms with van der Waals surface area (Å²) >= 11 is 0. The number of hydrogen-bond acceptors (Lipinski definition) is 3. The molecule has 16 heavy (non-hydrogen) atoms. The third-order valence-electron chi connectivity index (χ3n) is 2.40. The molecule has 1 heterocycles. The number of hydrogen-bond donors (Lipinski definition) is 1. The Hall–Kier alpha value is -2.10. The first-order valence-electron chi connectivity index (χ1n) is 5.11. The molecule has 2 N–H and O–H groups in total. The van der Waals surface area contributed by atoms with Crippen molar-refractivity contribution in [2.24, 2.45) is 0 Å². The molecule has 1 aromatic carbocycles. The molecule has 0 aliphatic carbocycles. The number of nitrogen functional groups attached to an aromatic ring is 1. The lowest BCUT2D eigenvalue weighted by molar-refractivity contribution is 0.0911. The van der Waals surface area contributed by atoms with E-state index in [-0.39, 0.29) is 11.9 Å². The predicted octanol–water partition coefficient (Wildman–Crippen LogP) is 2.22. The van der Waals surface area contributed by atoms with Crippen molar-refractivity contribution in [3.8, 4) is 0 Å². The van der Waals surface area contributed by atoms with E-state index < -0.39 is 0 Å². The summed E-state index contributed by atoms with van der Waals surface area (Å²) in [6, 6.07) is 7.40. The molecule has 4 heteroatoms. The van der Waals surface area contributed by atoms with Gasteiger partial charge in [0.25, 0.3) is 0 Å². The Labute approximate surface area is 93.4 Å². The van der Waals surface area contributed by atoms with E-state index in [1.807, 2.05) is 24.3 Å². The maximum atomic E-state index is 11.9. The van der Waals surface area contributed by atoms with Crippen LogP contribution in [0.2, 0.25) is 0 Å². The fraction of sp³-hybridized carbons (Fsp3) is 0.167. The van der Waals surface area contributed by atoms with Crippen LogP contribution in [-0.2, 0) is 0 Å². The van der Waals surface area contributed by atoms with E-state index >= 15 is 0 Å². The number of nitrogens with zero attached hydrogens (tertiary/aromatic N) is 2. The Morgan fingerprint density at radius 1 is 1.50 bits per heavy atom. The van der Waals surface area contributed by atoms with Crippen molar-refractivity contribution in [3.63, 3.8) is 0 Å². The third kappa shape index (κ3) is 1.69. The monoisotopic (exact) mass is 215 g/mol. The zero-order chi connectivity index (χ0) is 11.5. The van der Waals surface area contributed by atoms with Crippen LogP contribution in [-0.4, -0.2) is 15.5 Å². The van der Waals surface area contributed by atoms with E-state index in [2.05, 4.69) is 11.6 Å². The zero-order valence-electron chi connectivity index (χ0n) is 8.89. The van der Waals surface area contributed by atoms with Gasteiger partial charge >= 0.3 is 0 Å². The van der Waals surface area contributed by atoms with Crippen LogP contribution < -0.4 is 5.73 Å². The van der Waals surface area contributed by atoms with Crippen LogP contribution in [0, 0.1) is 0 Å². The Kier molecular flexibility index (Phi) is 2.72. The van der Waals surface area contributed by atoms with E-state index in [1.54, 1.807) is 6.08 Å². The van der Waals surface area contributed by atoms with Gasteiger partial charge < -0.3 is 5.73 Å². The Balaban J connectivity index is 2.46. The van der Waals surface area contributed by atoms with Gasteiger partial charge in [0.05, 0.1) is 11.0 Å². The quantitative estimate of drug-likeness (QED) is 0.798. The van der Waals surface area contributed by atoms with E-state index in [4.69, 9.17) is 5.73 Å². The summed E-state index contributed by atoms with van der Waals surface area (Å²) in [4.78, 5) is 16.0. The number of benzene rings is 1. The average Bonchev–Trinajstić information content (AvgIpc) is 2.62. The Morgan fingerprint density at radius 3 is 3.00 bits per heavy atom. The van der Waals surface area contributed by atoms with Gasteiger partial charge in [0, 0.05) is 6.42 Å². The summed E-state index contributed by atoms with van der Waals surface area (Å²) in [5.41, 5.74) is 7.23. The molecule has 82 valence electrons. The highest BCUT2D eigenvalue weighted by Gasteiger charge is 2.13. The summed E-state index contributed by atoms with van der Waals surface area (Å²) in [7, 11) is 0. The molecule has 0 spiro atoms. The first kappa shape index (κ1) is 10.4. The molecule has 1 aromatic heterocycles. The summed E-state index contributed by atoms with van der Waals surface area (Å²) in [5, 5.41) is 0. The number of nitrogens with two attached hydrogens (primary N) is 1. The molecule has 0 amide bonds. The molecular weight excluding hydrogens is 202 g/mol. The third-order valence-corrected chi connectivity index (χ3v) is 2.40. The lowest BCUT2D eigenvalue weighted by atomic mass is 10.2. The van der Waals surface area contributed by atoms with Crippen LogP contribution in [0.25, 0.3) is 11.0 Å². The number of carbonyl (C=O) groups excluding carboxylic acids is 1. The summed E-state index contributed by atoms with van der Waals surface area (Å²) in [6.07, 6.45) is 2.76. The summed E-state index contributed by atoms with van der Waals surface area (Å²) < 4.78 is 1.46. The highest BCUT2D eigenvalue weighted by molar-refractivity contribution is 5.93. The summed E-state index contributed by atoms with van der Waals surface area (Å²) in [5.74, 6) is 0.196. The maximum absolute atomic E-state index is 11.9. The molecule has 0 atom stereocenters. The van der Waals surface area contributed by atoms with E-state index in [1.165, 1.54) is 4.57 Å². The molecule has 2 rings (SSSR count). The lowest BCUT2D eigenvalue weighted by Crippen LogP contribution is -2.12. The van der Waals surface area contributed by atoms with Crippen LogP contribution in [0.4, 0.5) is 5.95 Å². The fourth-order valence-electron chi connectivity index (χ4n) is 1.64. The van der Waals surface area contributed by atoms with Crippen LogP contribution in [0.1, 0.15) is 17.6 Å². The smallest absolute Gasteiger partial charge is 0.234 e. The molecule has 4 nitrogen and oxygen atoms in total. The molecule has 0 unspecified atom stereocenters. The molecule has 0 bridgehead atoms. The molecular formula is C12H13N3O. The van der Waals surface area contributed by atoms with Crippen molar-refractivity contribution < 1.29 is 4.79 Å². The van der Waals surface area contributed by atoms with Gasteiger partial charge in [-0.3, -0.25) is 4.79 Å². The predicted molar refractivity (Wildman–Crippen MR) is 64.2 cm³/mol. The van der Waals surface area contributed by atoms with Gasteiger partial charge in [-0.2, -0.15) is 0 Å². The molecule has 0 radical (unpaired) electrons. The highest BCUT2D eigenvalue weighted by atomic mass is 16.2. The lowest BCUT2D eigenvalue weighted by Gasteiger charge is -2.03. The van der Waals surface area contributed by atoms with Gasteiger partial charge in [0.15, 0.2) is 0 Å². The van der Waals surface area contributed by atoms with E-state index in [0.717, 1.165) is 11.0 Å². The second-order valence-electron chi connectivity index (χ2n) is 3.52. The SMILES string of the molecule is C=CCCC(=O)n1c(N)nc2ccccc21. The van der Waals surface area contributed by atoms with Gasteiger partial charge in [-0.05, 0) is 18.6 Å². The number of fused-ring (bicyclic) bond motifs is 1. The van der Waals surface area contributed by atoms with Gasteiger partial charge in [0.1, 0.15) is 0 Å². The molecule has 0 aliphatic rings. The minimum atomic E-state index is -0.0499. The summed E-state index contributed by atoms with van der Waals surface area (Å²) in [6.45, 7) is 3.59. The van der Waals surface area contributed by atoms with Crippen LogP contribution in [0.15, 0.2) is 36.9 Å². The molecule has 0 fully saturated rings. The minimum absolute atomic E-state index is 0.0499. The number of allylic oxidation sites excluding steroid dienone is 1. The number of imidazole rings is 1. The Morgan fingerprint density at radius 2 is 2.25 bits per heavy atom. The van der Waals surface area contributed by atoms with E-state index in [0.29, 0.717) is 12.8 Å². The topological polar surface area (TPSA) is 60.9 Å². The minimum Gasteiger partial charge on any atom is -0.369 e. The fourth-order valence-corrected chi connectivity index (χ4v) is 1.64. The molecule has 2 aromatic rings. The van der Waals surface area contributed by atoms with Crippen molar-refractivity contribution in [2.45, 2.75) is 12.8 Å². The number of carbonyl (C=O) groups is 1. The van der Waals surface area contributed by atoms with E-state index in [9.17, 15) is 4.79 Å². The normalized spacial score (nSPS) is 10.5. The average molecular weight is 215 g/mol. The number of para-hydroxylation sites is 2. The van der Waals surface area contributed by atoms with Gasteiger partial charge in [-0.1, -0.05) is 18.2 Å². The van der Waals surface area contributed by atoms with Crippen LogP contribution >= 0.6 is 0 Å². The second kappa shape index (κ2) is 4.18. The van der Waals surface area contributed by atoms with Crippen molar-refractivity contribution >= 4 is 22.9 Å². The number of aromatic nitrogens is 2. The van der Waals surface area contributed by atoms with Crippen molar-refractivity contribution in [1.82, 2.24) is 9.55 Å². The van der Waals surface area contributed by atoms with Gasteiger partial charge in [-0.15, -0.1) is 6.58 Å². The van der Waals surface area contributed by atoms with Crippen molar-refractivity contribution in [2.75, 3.05) is 5.73 Å².